The molecular weight excluding hydrogens is 733 g/mol. The second-order valence-corrected chi connectivity index (χ2v) is 14.8. The Kier molecular flexibility index (Phi) is 8.75. The van der Waals surface area contributed by atoms with Crippen LogP contribution in [0.1, 0.15) is 0 Å². The van der Waals surface area contributed by atoms with Gasteiger partial charge in [0, 0.05) is 44.7 Å². The number of anilines is 3. The van der Waals surface area contributed by atoms with Crippen LogP contribution in [0.25, 0.3) is 78.3 Å². The van der Waals surface area contributed by atoms with E-state index in [-0.39, 0.29) is 0 Å². The molecule has 5 heteroatoms. The summed E-state index contributed by atoms with van der Waals surface area (Å²) in [5, 5.41) is 2.05. The van der Waals surface area contributed by atoms with Crippen molar-refractivity contribution in [1.29, 1.82) is 0 Å². The van der Waals surface area contributed by atoms with Crippen molar-refractivity contribution in [3.63, 3.8) is 0 Å². The molecule has 0 amide bonds. The Morgan fingerprint density at radius 2 is 0.783 bits per heavy atom. The van der Waals surface area contributed by atoms with E-state index in [0.717, 1.165) is 78.3 Å². The van der Waals surface area contributed by atoms with Gasteiger partial charge in [-0.05, 0) is 87.8 Å². The highest BCUT2D eigenvalue weighted by molar-refractivity contribution is 6.11. The van der Waals surface area contributed by atoms with Crippen LogP contribution in [-0.2, 0) is 0 Å². The summed E-state index contributed by atoms with van der Waals surface area (Å²) < 4.78 is 6.75. The molecule has 11 rings (SSSR count). The van der Waals surface area contributed by atoms with E-state index < -0.39 is 0 Å². The summed E-state index contributed by atoms with van der Waals surface area (Å²) in [5.74, 6) is 3.50. The smallest absolute Gasteiger partial charge is 0.164 e. The van der Waals surface area contributed by atoms with Gasteiger partial charge in [0.1, 0.15) is 11.5 Å². The molecule has 0 N–H and O–H groups in total. The molecule has 10 aromatic rings. The minimum atomic E-state index is 0.610. The maximum atomic E-state index is 6.75. The third-order valence-corrected chi connectivity index (χ3v) is 11.1. The van der Waals surface area contributed by atoms with E-state index in [1.807, 2.05) is 72.8 Å². The largest absolute Gasteiger partial charge is 0.456 e. The molecule has 2 heterocycles. The van der Waals surface area contributed by atoms with Crippen LogP contribution in [0.5, 0.6) is 11.5 Å². The standard InChI is InChI=1S/C55H36N4O/c1-5-15-37(16-6-1)38-27-31-43(32-28-38)59(42-21-11-4-12-22-42)44-33-29-39(30-34-44)45-23-14-26-49-51(45)48-25-13-24-46-47(35-36-50(60-49)52(46)48)55-57-53(40-17-7-2-8-18-40)56-54(58-55)41-19-9-3-10-20-41/h1-36H. The lowest BCUT2D eigenvalue weighted by molar-refractivity contribution is 0.487. The normalized spacial score (nSPS) is 11.5. The van der Waals surface area contributed by atoms with Gasteiger partial charge in [0.05, 0.1) is 0 Å². The van der Waals surface area contributed by atoms with Gasteiger partial charge in [0.2, 0.25) is 0 Å². The van der Waals surface area contributed by atoms with Gasteiger partial charge in [-0.1, -0.05) is 164 Å². The van der Waals surface area contributed by atoms with Crippen molar-refractivity contribution < 1.29 is 4.74 Å². The van der Waals surface area contributed by atoms with Crippen LogP contribution in [0.4, 0.5) is 17.1 Å². The van der Waals surface area contributed by atoms with Crippen molar-refractivity contribution in [1.82, 2.24) is 15.0 Å². The molecule has 0 bridgehead atoms. The first kappa shape index (κ1) is 35.0. The number of benzene rings is 9. The highest BCUT2D eigenvalue weighted by Gasteiger charge is 2.26. The molecule has 0 saturated heterocycles. The van der Waals surface area contributed by atoms with Crippen LogP contribution in [-0.4, -0.2) is 15.0 Å². The summed E-state index contributed by atoms with van der Waals surface area (Å²) in [5.41, 5.74) is 12.8. The third kappa shape index (κ3) is 6.35. The van der Waals surface area contributed by atoms with Crippen molar-refractivity contribution in [3.8, 4) is 79.0 Å². The molecule has 60 heavy (non-hydrogen) atoms. The molecule has 9 aromatic carbocycles. The first-order chi connectivity index (χ1) is 29.7. The number of aromatic nitrogens is 3. The predicted molar refractivity (Wildman–Crippen MR) is 245 cm³/mol. The average molecular weight is 769 g/mol. The molecule has 5 nitrogen and oxygen atoms in total. The predicted octanol–water partition coefficient (Wildman–Crippen LogP) is 14.6. The van der Waals surface area contributed by atoms with Crippen LogP contribution in [0.2, 0.25) is 0 Å². The molecule has 1 aliphatic rings. The monoisotopic (exact) mass is 768 g/mol. The van der Waals surface area contributed by atoms with Crippen molar-refractivity contribution in [2.24, 2.45) is 0 Å². The Labute approximate surface area is 348 Å². The quantitative estimate of drug-likeness (QED) is 0.154. The van der Waals surface area contributed by atoms with E-state index in [2.05, 4.69) is 150 Å². The van der Waals surface area contributed by atoms with Gasteiger partial charge in [-0.2, -0.15) is 0 Å². The molecule has 0 radical (unpaired) electrons. The lowest BCUT2D eigenvalue weighted by Crippen LogP contribution is -2.09. The van der Waals surface area contributed by atoms with Crippen molar-refractivity contribution in [2.45, 2.75) is 0 Å². The summed E-state index contributed by atoms with van der Waals surface area (Å²) >= 11 is 0. The van der Waals surface area contributed by atoms with Gasteiger partial charge >= 0.3 is 0 Å². The number of rotatable bonds is 8. The molecule has 282 valence electrons. The number of nitrogens with zero attached hydrogens (tertiary/aromatic N) is 4. The Morgan fingerprint density at radius 3 is 1.40 bits per heavy atom. The Balaban J connectivity index is 1.00. The molecular formula is C55H36N4O. The molecule has 1 aromatic heterocycles. The fraction of sp³-hybridized carbons (Fsp3) is 0. The second kappa shape index (κ2) is 15.0. The van der Waals surface area contributed by atoms with Crippen LogP contribution >= 0.6 is 0 Å². The minimum Gasteiger partial charge on any atom is -0.456 e. The fourth-order valence-corrected chi connectivity index (χ4v) is 8.29. The van der Waals surface area contributed by atoms with Gasteiger partial charge < -0.3 is 9.64 Å². The number of hydrogen-bond acceptors (Lipinski definition) is 5. The van der Waals surface area contributed by atoms with Gasteiger partial charge in [-0.3, -0.25) is 0 Å². The SMILES string of the molecule is c1ccc(-c2ccc(N(c3ccccc3)c3ccc(-c4cccc5c4-c4cccc6c(-c7nc(-c8ccccc8)nc(-c8ccccc8)n7)ccc(c46)O5)cc3)cc2)cc1. The summed E-state index contributed by atoms with van der Waals surface area (Å²) in [4.78, 5) is 17.4. The lowest BCUT2D eigenvalue weighted by Gasteiger charge is -2.26. The third-order valence-electron chi connectivity index (χ3n) is 11.1. The zero-order valence-electron chi connectivity index (χ0n) is 32.5. The fourth-order valence-electron chi connectivity index (χ4n) is 8.29. The van der Waals surface area contributed by atoms with Gasteiger partial charge in [-0.25, -0.2) is 15.0 Å². The number of para-hydroxylation sites is 1. The summed E-state index contributed by atoms with van der Waals surface area (Å²) in [6.45, 7) is 0. The zero-order valence-corrected chi connectivity index (χ0v) is 32.5. The van der Waals surface area contributed by atoms with E-state index in [4.69, 9.17) is 19.7 Å². The van der Waals surface area contributed by atoms with Crippen LogP contribution in [0.3, 0.4) is 0 Å². The lowest BCUT2D eigenvalue weighted by atomic mass is 9.87. The molecule has 0 aliphatic carbocycles. The summed E-state index contributed by atoms with van der Waals surface area (Å²) in [7, 11) is 0. The van der Waals surface area contributed by atoms with E-state index >= 15 is 0 Å². The molecule has 0 fully saturated rings. The number of hydrogen-bond donors (Lipinski definition) is 0. The average Bonchev–Trinajstić information content (AvgIpc) is 3.33. The summed E-state index contributed by atoms with van der Waals surface area (Å²) in [6.07, 6.45) is 0. The van der Waals surface area contributed by atoms with Crippen LogP contribution in [0, 0.1) is 0 Å². The zero-order chi connectivity index (χ0) is 39.8. The maximum absolute atomic E-state index is 6.75. The number of ether oxygens (including phenoxy) is 1. The topological polar surface area (TPSA) is 51.1 Å². The minimum absolute atomic E-state index is 0.610. The van der Waals surface area contributed by atoms with Crippen molar-refractivity contribution >= 4 is 27.8 Å². The molecule has 0 atom stereocenters. The van der Waals surface area contributed by atoms with E-state index in [9.17, 15) is 0 Å². The van der Waals surface area contributed by atoms with Gasteiger partial charge in [0.15, 0.2) is 17.5 Å². The maximum Gasteiger partial charge on any atom is 0.164 e. The number of fused-ring (bicyclic) bond motifs is 2. The van der Waals surface area contributed by atoms with E-state index in [0.29, 0.717) is 17.5 Å². The molecule has 0 saturated carbocycles. The highest BCUT2D eigenvalue weighted by atomic mass is 16.5. The second-order valence-electron chi connectivity index (χ2n) is 14.8. The van der Waals surface area contributed by atoms with Gasteiger partial charge in [-0.15, -0.1) is 0 Å². The Bertz CT molecular complexity index is 3080. The molecule has 1 aliphatic heterocycles. The van der Waals surface area contributed by atoms with Crippen LogP contribution < -0.4 is 9.64 Å². The molecule has 0 spiro atoms. The van der Waals surface area contributed by atoms with Crippen LogP contribution in [0.15, 0.2) is 218 Å². The first-order valence-corrected chi connectivity index (χ1v) is 20.1. The van der Waals surface area contributed by atoms with E-state index in [1.54, 1.807) is 0 Å². The Hall–Kier alpha value is -8.15. The van der Waals surface area contributed by atoms with Crippen molar-refractivity contribution in [3.05, 3.63) is 218 Å². The Morgan fingerprint density at radius 1 is 0.300 bits per heavy atom. The highest BCUT2D eigenvalue weighted by Crippen LogP contribution is 2.52. The molecule has 0 unspecified atom stereocenters. The summed E-state index contributed by atoms with van der Waals surface area (Å²) in [6, 6.07) is 75.7. The first-order valence-electron chi connectivity index (χ1n) is 20.1. The van der Waals surface area contributed by atoms with E-state index in [1.165, 1.54) is 11.1 Å². The van der Waals surface area contributed by atoms with Gasteiger partial charge in [0.25, 0.3) is 0 Å². The van der Waals surface area contributed by atoms with Crippen molar-refractivity contribution in [2.75, 3.05) is 4.90 Å².